The third-order valence-corrected chi connectivity index (χ3v) is 3.93. The second-order valence-electron chi connectivity index (χ2n) is 5.83. The third kappa shape index (κ3) is 4.53. The summed E-state index contributed by atoms with van der Waals surface area (Å²) in [6.07, 6.45) is -2.18. The van der Waals surface area contributed by atoms with Crippen LogP contribution >= 0.6 is 0 Å². The molecule has 10 heteroatoms. The fraction of sp³-hybridized carbons (Fsp3) is 0.667. The predicted octanol–water partition coefficient (Wildman–Crippen LogP) is -0.582. The Morgan fingerprint density at radius 1 is 1.36 bits per heavy atom. The first-order valence-electron chi connectivity index (χ1n) is 8.03. The number of aliphatic hydroxyl groups is 2. The molecule has 0 amide bonds. The average molecular weight is 360 g/mol. The monoisotopic (exact) mass is 360 g/mol. The van der Waals surface area contributed by atoms with Gasteiger partial charge in [-0.2, -0.15) is 4.39 Å². The van der Waals surface area contributed by atoms with Crippen molar-refractivity contribution in [2.75, 3.05) is 6.61 Å². The maximum atomic E-state index is 13.4. The number of aromatic amines is 1. The summed E-state index contributed by atoms with van der Waals surface area (Å²) in [5, 5.41) is 20.0. The zero-order valence-electron chi connectivity index (χ0n) is 13.7. The number of aliphatic hydroxyl groups excluding tert-OH is 2. The molecule has 0 saturated carbocycles. The van der Waals surface area contributed by atoms with Crippen molar-refractivity contribution in [2.24, 2.45) is 0 Å². The molecule has 0 unspecified atom stereocenters. The number of esters is 1. The number of aromatic nitrogens is 2. The standard InChI is InChI=1S/C15H21FN2O7/c1-2-3-4-5-10(19)24-7-9-11(20)12(21)14(25-9)18-6-8(16)13(22)17-15(18)23/h6,9,11-12,14,20-21H,2-5,7H2,1H3,(H,17,22,23)/t9-,11-,12-,14-/m1/s1. The second kappa shape index (κ2) is 8.37. The summed E-state index contributed by atoms with van der Waals surface area (Å²) in [6, 6.07) is 0. The lowest BCUT2D eigenvalue weighted by Crippen LogP contribution is -2.38. The number of unbranched alkanes of at least 4 members (excludes halogenated alkanes) is 2. The van der Waals surface area contributed by atoms with Gasteiger partial charge < -0.3 is 19.7 Å². The van der Waals surface area contributed by atoms with E-state index in [1.807, 2.05) is 6.92 Å². The molecule has 1 aromatic rings. The summed E-state index contributed by atoms with van der Waals surface area (Å²) in [7, 11) is 0. The second-order valence-corrected chi connectivity index (χ2v) is 5.83. The molecule has 0 radical (unpaired) electrons. The van der Waals surface area contributed by atoms with Crippen molar-refractivity contribution in [1.82, 2.24) is 9.55 Å². The van der Waals surface area contributed by atoms with Crippen LogP contribution in [-0.2, 0) is 14.3 Å². The fourth-order valence-electron chi connectivity index (χ4n) is 2.51. The highest BCUT2D eigenvalue weighted by Crippen LogP contribution is 2.28. The molecule has 0 aliphatic carbocycles. The fourth-order valence-corrected chi connectivity index (χ4v) is 2.51. The smallest absolute Gasteiger partial charge is 0.330 e. The minimum absolute atomic E-state index is 0.229. The zero-order valence-corrected chi connectivity index (χ0v) is 13.7. The molecule has 140 valence electrons. The molecule has 1 aliphatic rings. The molecule has 0 spiro atoms. The topological polar surface area (TPSA) is 131 Å². The van der Waals surface area contributed by atoms with E-state index in [1.54, 1.807) is 4.98 Å². The van der Waals surface area contributed by atoms with Crippen molar-refractivity contribution < 1.29 is 28.9 Å². The van der Waals surface area contributed by atoms with E-state index in [0.29, 0.717) is 17.2 Å². The molecule has 2 heterocycles. The van der Waals surface area contributed by atoms with Crippen molar-refractivity contribution >= 4 is 5.97 Å². The van der Waals surface area contributed by atoms with Gasteiger partial charge in [0.15, 0.2) is 6.23 Å². The quantitative estimate of drug-likeness (QED) is 0.438. The summed E-state index contributed by atoms with van der Waals surface area (Å²) in [6.45, 7) is 1.68. The van der Waals surface area contributed by atoms with Gasteiger partial charge in [-0.3, -0.25) is 19.1 Å². The Morgan fingerprint density at radius 2 is 2.08 bits per heavy atom. The summed E-state index contributed by atoms with van der Waals surface area (Å²) in [4.78, 5) is 36.1. The lowest BCUT2D eigenvalue weighted by Gasteiger charge is -2.16. The van der Waals surface area contributed by atoms with Gasteiger partial charge in [0.1, 0.15) is 24.9 Å². The number of carbonyl (C=O) groups is 1. The van der Waals surface area contributed by atoms with Gasteiger partial charge in [0.25, 0.3) is 5.56 Å². The molecule has 1 aliphatic heterocycles. The van der Waals surface area contributed by atoms with E-state index in [-0.39, 0.29) is 13.0 Å². The number of rotatable bonds is 7. The molecule has 25 heavy (non-hydrogen) atoms. The van der Waals surface area contributed by atoms with E-state index in [1.165, 1.54) is 0 Å². The number of H-pyrrole nitrogens is 1. The van der Waals surface area contributed by atoms with Gasteiger partial charge in [0.05, 0.1) is 6.20 Å². The maximum Gasteiger partial charge on any atom is 0.330 e. The Morgan fingerprint density at radius 3 is 2.76 bits per heavy atom. The first kappa shape index (κ1) is 19.3. The normalized spacial score (nSPS) is 25.9. The van der Waals surface area contributed by atoms with Gasteiger partial charge in [0.2, 0.25) is 5.82 Å². The average Bonchev–Trinajstić information content (AvgIpc) is 2.85. The third-order valence-electron chi connectivity index (χ3n) is 3.93. The van der Waals surface area contributed by atoms with E-state index in [9.17, 15) is 29.0 Å². The van der Waals surface area contributed by atoms with Gasteiger partial charge in [-0.25, -0.2) is 4.79 Å². The number of hydrogen-bond acceptors (Lipinski definition) is 7. The van der Waals surface area contributed by atoms with Crippen molar-refractivity contribution in [3.8, 4) is 0 Å². The Kier molecular flexibility index (Phi) is 6.45. The Bertz CT molecular complexity index is 717. The molecule has 1 saturated heterocycles. The Hall–Kier alpha value is -2.04. The highest BCUT2D eigenvalue weighted by molar-refractivity contribution is 5.69. The number of halogens is 1. The Balaban J connectivity index is 2.01. The number of hydrogen-bond donors (Lipinski definition) is 3. The molecular formula is C15H21FN2O7. The van der Waals surface area contributed by atoms with Crippen molar-refractivity contribution in [2.45, 2.75) is 57.1 Å². The number of ether oxygens (including phenoxy) is 2. The van der Waals surface area contributed by atoms with Crippen LogP contribution in [0.5, 0.6) is 0 Å². The van der Waals surface area contributed by atoms with Crippen LogP contribution < -0.4 is 11.2 Å². The summed E-state index contributed by atoms with van der Waals surface area (Å²) in [5.74, 6) is -1.70. The predicted molar refractivity (Wildman–Crippen MR) is 82.3 cm³/mol. The molecule has 4 atom stereocenters. The van der Waals surface area contributed by atoms with Crippen LogP contribution in [-0.4, -0.2) is 50.7 Å². The van der Waals surface area contributed by atoms with Crippen LogP contribution in [0.1, 0.15) is 38.8 Å². The van der Waals surface area contributed by atoms with Crippen molar-refractivity contribution in [3.05, 3.63) is 32.9 Å². The van der Waals surface area contributed by atoms with Crippen LogP contribution in [0.2, 0.25) is 0 Å². The molecule has 1 aromatic heterocycles. The van der Waals surface area contributed by atoms with E-state index in [0.717, 1.165) is 12.8 Å². The number of carbonyl (C=O) groups excluding carboxylic acids is 1. The van der Waals surface area contributed by atoms with E-state index >= 15 is 0 Å². The van der Waals surface area contributed by atoms with Gasteiger partial charge in [-0.15, -0.1) is 0 Å². The Labute approximate surface area is 142 Å². The van der Waals surface area contributed by atoms with E-state index < -0.39 is 47.6 Å². The zero-order chi connectivity index (χ0) is 18.6. The van der Waals surface area contributed by atoms with Gasteiger partial charge in [-0.05, 0) is 6.42 Å². The minimum Gasteiger partial charge on any atom is -0.463 e. The van der Waals surface area contributed by atoms with Gasteiger partial charge in [0, 0.05) is 6.42 Å². The van der Waals surface area contributed by atoms with Crippen molar-refractivity contribution in [1.29, 1.82) is 0 Å². The molecular weight excluding hydrogens is 339 g/mol. The summed E-state index contributed by atoms with van der Waals surface area (Å²) in [5.41, 5.74) is -2.20. The van der Waals surface area contributed by atoms with E-state index in [2.05, 4.69) is 0 Å². The van der Waals surface area contributed by atoms with Gasteiger partial charge >= 0.3 is 11.7 Å². The molecule has 3 N–H and O–H groups in total. The summed E-state index contributed by atoms with van der Waals surface area (Å²) >= 11 is 0. The molecule has 2 rings (SSSR count). The first-order chi connectivity index (χ1) is 11.8. The largest absolute Gasteiger partial charge is 0.463 e. The van der Waals surface area contributed by atoms with E-state index in [4.69, 9.17) is 9.47 Å². The number of nitrogens with one attached hydrogen (secondary N) is 1. The first-order valence-corrected chi connectivity index (χ1v) is 8.03. The highest BCUT2D eigenvalue weighted by atomic mass is 19.1. The molecule has 9 nitrogen and oxygen atoms in total. The van der Waals surface area contributed by atoms with Crippen LogP contribution in [0.4, 0.5) is 4.39 Å². The molecule has 1 fully saturated rings. The SMILES string of the molecule is CCCCCC(=O)OC[C@H]1O[C@@H](n2cc(F)c(=O)[nH]c2=O)[C@H](O)[C@@H]1O. The van der Waals surface area contributed by atoms with Crippen LogP contribution in [0.15, 0.2) is 15.8 Å². The summed E-state index contributed by atoms with van der Waals surface area (Å²) < 4.78 is 24.3. The van der Waals surface area contributed by atoms with Crippen LogP contribution in [0.25, 0.3) is 0 Å². The minimum atomic E-state index is -1.56. The lowest BCUT2D eigenvalue weighted by molar-refractivity contribution is -0.150. The van der Waals surface area contributed by atoms with Gasteiger partial charge in [-0.1, -0.05) is 19.8 Å². The molecule has 0 bridgehead atoms. The van der Waals surface area contributed by atoms with Crippen LogP contribution in [0, 0.1) is 5.82 Å². The van der Waals surface area contributed by atoms with Crippen LogP contribution in [0.3, 0.4) is 0 Å². The van der Waals surface area contributed by atoms with Crippen molar-refractivity contribution in [3.63, 3.8) is 0 Å². The maximum absolute atomic E-state index is 13.4. The molecule has 0 aromatic carbocycles. The lowest BCUT2D eigenvalue weighted by atomic mass is 10.1. The highest BCUT2D eigenvalue weighted by Gasteiger charge is 2.44. The number of nitrogens with zero attached hydrogens (tertiary/aromatic N) is 1.